The van der Waals surface area contributed by atoms with Crippen LogP contribution in [0, 0.1) is 30.2 Å². The van der Waals surface area contributed by atoms with Gasteiger partial charge in [-0.25, -0.2) is 31.9 Å². The molecule has 1 aliphatic rings. The molecule has 5 rings (SSSR count). The van der Waals surface area contributed by atoms with E-state index < -0.39 is 50.9 Å². The van der Waals surface area contributed by atoms with Gasteiger partial charge in [-0.3, -0.25) is 4.98 Å². The maximum absolute atomic E-state index is 15.7. The summed E-state index contributed by atoms with van der Waals surface area (Å²) in [5.41, 5.74) is 3.40. The number of benzene rings is 1. The van der Waals surface area contributed by atoms with E-state index in [1.807, 2.05) is 18.7 Å². The quantitative estimate of drug-likeness (QED) is 0.164. The van der Waals surface area contributed by atoms with E-state index in [1.165, 1.54) is 4.57 Å². The SMILES string of the molecule is Cc1ccnc(C(C)C)c1-n1c(=O)nc(N2CCNCC2)c2cc(F)c(-c3c(F)c(N)c(F)c(F)c3Cl)nc21. The Labute approximate surface area is 225 Å². The zero-order valence-electron chi connectivity index (χ0n) is 21.2. The molecule has 0 amide bonds. The molecule has 1 saturated heterocycles. The first-order chi connectivity index (χ1) is 18.5. The number of hydrogen-bond donors (Lipinski definition) is 2. The van der Waals surface area contributed by atoms with Gasteiger partial charge in [0.15, 0.2) is 28.9 Å². The molecule has 1 aliphatic heterocycles. The summed E-state index contributed by atoms with van der Waals surface area (Å²) >= 11 is 5.94. The molecular formula is C26H24ClF4N7O. The highest BCUT2D eigenvalue weighted by Gasteiger charge is 2.29. The molecule has 1 aromatic carbocycles. The summed E-state index contributed by atoms with van der Waals surface area (Å²) in [4.78, 5) is 28.5. The normalized spacial score (nSPS) is 14.0. The van der Waals surface area contributed by atoms with Gasteiger partial charge >= 0.3 is 5.69 Å². The van der Waals surface area contributed by atoms with Crippen molar-refractivity contribution in [2.75, 3.05) is 36.8 Å². The Balaban J connectivity index is 1.94. The lowest BCUT2D eigenvalue weighted by atomic mass is 10.0. The molecule has 4 aromatic rings. The molecule has 4 heterocycles. The molecule has 0 aliphatic carbocycles. The molecule has 0 atom stereocenters. The van der Waals surface area contributed by atoms with Crippen molar-refractivity contribution in [3.8, 4) is 16.9 Å². The second-order valence-electron chi connectivity index (χ2n) is 9.54. The minimum atomic E-state index is -1.70. The number of nitrogens with one attached hydrogen (secondary N) is 1. The number of aryl methyl sites for hydroxylation is 1. The fourth-order valence-electron chi connectivity index (χ4n) is 4.74. The fraction of sp³-hybridized carbons (Fsp3) is 0.308. The van der Waals surface area contributed by atoms with E-state index in [0.29, 0.717) is 43.1 Å². The molecule has 3 aromatic heterocycles. The number of fused-ring (bicyclic) bond motifs is 1. The van der Waals surface area contributed by atoms with Crippen molar-refractivity contribution in [1.29, 1.82) is 0 Å². The van der Waals surface area contributed by atoms with Crippen molar-refractivity contribution in [1.82, 2.24) is 24.8 Å². The van der Waals surface area contributed by atoms with E-state index in [0.717, 1.165) is 6.07 Å². The lowest BCUT2D eigenvalue weighted by Crippen LogP contribution is -2.45. The Kier molecular flexibility index (Phi) is 6.93. The lowest BCUT2D eigenvalue weighted by molar-refractivity contribution is 0.501. The maximum Gasteiger partial charge on any atom is 0.355 e. The van der Waals surface area contributed by atoms with Crippen LogP contribution in [0.5, 0.6) is 0 Å². The van der Waals surface area contributed by atoms with Gasteiger partial charge in [-0.2, -0.15) is 4.98 Å². The molecule has 0 unspecified atom stereocenters. The highest BCUT2D eigenvalue weighted by molar-refractivity contribution is 6.33. The van der Waals surface area contributed by atoms with Crippen molar-refractivity contribution in [2.45, 2.75) is 26.7 Å². The summed E-state index contributed by atoms with van der Waals surface area (Å²) in [6.07, 6.45) is 1.60. The maximum atomic E-state index is 15.7. The van der Waals surface area contributed by atoms with Crippen molar-refractivity contribution >= 4 is 34.1 Å². The minimum absolute atomic E-state index is 0.0864. The first-order valence-corrected chi connectivity index (χ1v) is 12.6. The number of aromatic nitrogens is 4. The first-order valence-electron chi connectivity index (χ1n) is 12.2. The fourth-order valence-corrected chi connectivity index (χ4v) is 5.00. The molecule has 3 N–H and O–H groups in total. The average molecular weight is 562 g/mol. The summed E-state index contributed by atoms with van der Waals surface area (Å²) in [5.74, 6) is -5.86. The highest BCUT2D eigenvalue weighted by atomic mass is 35.5. The predicted molar refractivity (Wildman–Crippen MR) is 142 cm³/mol. The summed E-state index contributed by atoms with van der Waals surface area (Å²) in [6, 6.07) is 2.73. The molecule has 1 fully saturated rings. The first kappa shape index (κ1) is 26.8. The molecular weight excluding hydrogens is 538 g/mol. The van der Waals surface area contributed by atoms with Crippen molar-refractivity contribution in [2.24, 2.45) is 0 Å². The molecule has 39 heavy (non-hydrogen) atoms. The van der Waals surface area contributed by atoms with Crippen LogP contribution in [0.2, 0.25) is 5.02 Å². The van der Waals surface area contributed by atoms with E-state index in [-0.39, 0.29) is 22.8 Å². The summed E-state index contributed by atoms with van der Waals surface area (Å²) in [6.45, 7) is 7.72. The molecule has 0 saturated carbocycles. The summed E-state index contributed by atoms with van der Waals surface area (Å²) < 4.78 is 60.6. The molecule has 0 spiro atoms. The monoisotopic (exact) mass is 561 g/mol. The molecule has 0 radical (unpaired) electrons. The number of nitrogen functional groups attached to an aromatic ring is 1. The van der Waals surface area contributed by atoms with Crippen molar-refractivity contribution in [3.05, 3.63) is 68.4 Å². The average Bonchev–Trinajstić information content (AvgIpc) is 2.92. The van der Waals surface area contributed by atoms with Crippen molar-refractivity contribution in [3.63, 3.8) is 0 Å². The number of pyridine rings is 2. The van der Waals surface area contributed by atoms with Crippen LogP contribution in [-0.4, -0.2) is 45.7 Å². The Bertz CT molecular complexity index is 1660. The van der Waals surface area contributed by atoms with Crippen LogP contribution in [0.1, 0.15) is 31.0 Å². The third kappa shape index (κ3) is 4.37. The smallest absolute Gasteiger partial charge is 0.355 e. The van der Waals surface area contributed by atoms with Gasteiger partial charge in [0.2, 0.25) is 0 Å². The van der Waals surface area contributed by atoms with Gasteiger partial charge in [-0.15, -0.1) is 0 Å². The highest BCUT2D eigenvalue weighted by Crippen LogP contribution is 2.39. The van der Waals surface area contributed by atoms with Gasteiger partial charge in [0.1, 0.15) is 17.2 Å². The number of rotatable bonds is 4. The largest absolute Gasteiger partial charge is 0.394 e. The lowest BCUT2D eigenvalue weighted by Gasteiger charge is -2.29. The second-order valence-corrected chi connectivity index (χ2v) is 9.92. The van der Waals surface area contributed by atoms with Crippen LogP contribution in [0.25, 0.3) is 28.0 Å². The molecule has 204 valence electrons. The van der Waals surface area contributed by atoms with Crippen molar-refractivity contribution < 1.29 is 17.6 Å². The van der Waals surface area contributed by atoms with E-state index in [4.69, 9.17) is 17.3 Å². The van der Waals surface area contributed by atoms with E-state index in [9.17, 15) is 13.6 Å². The Morgan fingerprint density at radius 1 is 1.08 bits per heavy atom. The number of nitrogens with zero attached hydrogens (tertiary/aromatic N) is 5. The number of halogens is 5. The van der Waals surface area contributed by atoms with Gasteiger partial charge < -0.3 is 16.0 Å². The van der Waals surface area contributed by atoms with E-state index >= 15 is 8.78 Å². The Morgan fingerprint density at radius 3 is 2.44 bits per heavy atom. The Morgan fingerprint density at radius 2 is 1.77 bits per heavy atom. The molecule has 0 bridgehead atoms. The standard InChI is InChI=1S/C26H24ClF4N7O/c1-11(2)21-23(12(3)4-5-34-21)38-25-13(24(36-26(38)39)37-8-6-33-7-9-37)10-14(28)22(35-25)15-16(27)18(30)19(31)20(32)17(15)29/h4-5,10-11,33H,6-9,32H2,1-3H3. The second kappa shape index (κ2) is 10.1. The van der Waals surface area contributed by atoms with Gasteiger partial charge in [-0.05, 0) is 30.5 Å². The van der Waals surface area contributed by atoms with Crippen LogP contribution >= 0.6 is 11.6 Å². The van der Waals surface area contributed by atoms with Gasteiger partial charge in [0, 0.05) is 32.4 Å². The third-order valence-corrected chi connectivity index (χ3v) is 7.03. The van der Waals surface area contributed by atoms with Gasteiger partial charge in [0.25, 0.3) is 0 Å². The third-order valence-electron chi connectivity index (χ3n) is 6.68. The topological polar surface area (TPSA) is 102 Å². The van der Waals surface area contributed by atoms with Crippen LogP contribution in [0.4, 0.5) is 29.1 Å². The Hall–Kier alpha value is -3.77. The predicted octanol–water partition coefficient (Wildman–Crippen LogP) is 4.48. The van der Waals surface area contributed by atoms with Crippen LogP contribution < -0.4 is 21.6 Å². The zero-order chi connectivity index (χ0) is 28.2. The summed E-state index contributed by atoms with van der Waals surface area (Å²) in [5, 5.41) is 2.32. The van der Waals surface area contributed by atoms with Gasteiger partial charge in [0.05, 0.1) is 27.4 Å². The number of hydrogen-bond acceptors (Lipinski definition) is 7. The molecule has 13 heteroatoms. The van der Waals surface area contributed by atoms with E-state index in [2.05, 4.69) is 20.3 Å². The number of nitrogens with two attached hydrogens (primary N) is 1. The van der Waals surface area contributed by atoms with Gasteiger partial charge in [-0.1, -0.05) is 25.4 Å². The van der Waals surface area contributed by atoms with Crippen LogP contribution in [-0.2, 0) is 0 Å². The minimum Gasteiger partial charge on any atom is -0.394 e. The van der Waals surface area contributed by atoms with Crippen LogP contribution in [0.15, 0.2) is 23.1 Å². The van der Waals surface area contributed by atoms with Crippen LogP contribution in [0.3, 0.4) is 0 Å². The zero-order valence-corrected chi connectivity index (χ0v) is 22.0. The van der Waals surface area contributed by atoms with E-state index in [1.54, 1.807) is 19.2 Å². The summed E-state index contributed by atoms with van der Waals surface area (Å²) in [7, 11) is 0. The number of piperazine rings is 1. The molecule has 8 nitrogen and oxygen atoms in total. The number of anilines is 2.